The molecule has 100 valence electrons. The third-order valence-electron chi connectivity index (χ3n) is 3.34. The van der Waals surface area contributed by atoms with Gasteiger partial charge in [-0.3, -0.25) is 14.9 Å². The standard InChI is InChI=1S/C11H12N4O3S/c16-4-12-3-11(9(17)14-10(18)15-11)8-7(6-1-2-6)19-5-13-8/h4-6H,1-3H2,(H,12,16)(H2,14,15,17,18). The molecule has 1 saturated carbocycles. The minimum atomic E-state index is -1.28. The fourth-order valence-corrected chi connectivity index (χ4v) is 3.31. The summed E-state index contributed by atoms with van der Waals surface area (Å²) in [6.45, 7) is -0.00245. The second kappa shape index (κ2) is 4.30. The predicted molar refractivity (Wildman–Crippen MR) is 66.5 cm³/mol. The molecule has 0 aromatic carbocycles. The van der Waals surface area contributed by atoms with Crippen LogP contribution >= 0.6 is 11.3 Å². The zero-order valence-electron chi connectivity index (χ0n) is 9.93. The van der Waals surface area contributed by atoms with Gasteiger partial charge in [0.25, 0.3) is 5.91 Å². The van der Waals surface area contributed by atoms with Crippen molar-refractivity contribution in [1.29, 1.82) is 0 Å². The van der Waals surface area contributed by atoms with Crippen LogP contribution in [0.4, 0.5) is 4.79 Å². The summed E-state index contributed by atoms with van der Waals surface area (Å²) in [6.07, 6.45) is 2.65. The van der Waals surface area contributed by atoms with Gasteiger partial charge in [0.15, 0.2) is 5.54 Å². The molecule has 1 aromatic rings. The molecule has 7 nitrogen and oxygen atoms in total. The highest BCUT2D eigenvalue weighted by molar-refractivity contribution is 7.09. The third-order valence-corrected chi connectivity index (χ3v) is 4.33. The molecule has 1 aromatic heterocycles. The number of carbonyl (C=O) groups is 3. The van der Waals surface area contributed by atoms with E-state index in [-0.39, 0.29) is 6.54 Å². The highest BCUT2D eigenvalue weighted by atomic mass is 32.1. The lowest BCUT2D eigenvalue weighted by molar-refractivity contribution is -0.124. The van der Waals surface area contributed by atoms with Crippen molar-refractivity contribution in [2.75, 3.05) is 6.54 Å². The summed E-state index contributed by atoms with van der Waals surface area (Å²) < 4.78 is 0. The number of aromatic nitrogens is 1. The first-order valence-electron chi connectivity index (χ1n) is 5.92. The first-order valence-corrected chi connectivity index (χ1v) is 6.80. The van der Waals surface area contributed by atoms with Crippen molar-refractivity contribution >= 4 is 29.7 Å². The number of hydrogen-bond acceptors (Lipinski definition) is 5. The van der Waals surface area contributed by atoms with Gasteiger partial charge in [-0.25, -0.2) is 9.78 Å². The van der Waals surface area contributed by atoms with E-state index in [2.05, 4.69) is 20.9 Å². The Hall–Kier alpha value is -1.96. The van der Waals surface area contributed by atoms with Crippen molar-refractivity contribution in [3.63, 3.8) is 0 Å². The van der Waals surface area contributed by atoms with E-state index < -0.39 is 17.5 Å². The van der Waals surface area contributed by atoms with Crippen LogP contribution in [0.3, 0.4) is 0 Å². The van der Waals surface area contributed by atoms with E-state index >= 15 is 0 Å². The van der Waals surface area contributed by atoms with Gasteiger partial charge in [-0.2, -0.15) is 0 Å². The minimum Gasteiger partial charge on any atom is -0.355 e. The van der Waals surface area contributed by atoms with Crippen molar-refractivity contribution < 1.29 is 14.4 Å². The van der Waals surface area contributed by atoms with E-state index in [0.29, 0.717) is 18.0 Å². The maximum Gasteiger partial charge on any atom is 0.322 e. The second-order valence-electron chi connectivity index (χ2n) is 4.65. The van der Waals surface area contributed by atoms with Gasteiger partial charge in [0, 0.05) is 4.88 Å². The zero-order valence-corrected chi connectivity index (χ0v) is 10.8. The molecule has 1 aliphatic heterocycles. The first-order chi connectivity index (χ1) is 9.17. The summed E-state index contributed by atoms with van der Waals surface area (Å²) >= 11 is 1.48. The summed E-state index contributed by atoms with van der Waals surface area (Å²) in [7, 11) is 0. The van der Waals surface area contributed by atoms with Crippen LogP contribution < -0.4 is 16.0 Å². The van der Waals surface area contributed by atoms with Gasteiger partial charge in [0.05, 0.1) is 17.7 Å². The van der Waals surface area contributed by atoms with Crippen LogP contribution in [0.15, 0.2) is 5.51 Å². The van der Waals surface area contributed by atoms with Gasteiger partial charge in [0.1, 0.15) is 0 Å². The van der Waals surface area contributed by atoms with E-state index in [9.17, 15) is 14.4 Å². The average Bonchev–Trinajstić information content (AvgIpc) is 3.03. The molecule has 3 N–H and O–H groups in total. The van der Waals surface area contributed by atoms with E-state index in [1.165, 1.54) is 11.3 Å². The lowest BCUT2D eigenvalue weighted by Gasteiger charge is -2.24. The normalized spacial score (nSPS) is 25.9. The number of amides is 4. The van der Waals surface area contributed by atoms with Crippen molar-refractivity contribution in [1.82, 2.24) is 20.9 Å². The Morgan fingerprint density at radius 1 is 1.53 bits per heavy atom. The molecule has 0 bridgehead atoms. The van der Waals surface area contributed by atoms with E-state index in [4.69, 9.17) is 0 Å². The maximum atomic E-state index is 12.1. The van der Waals surface area contributed by atoms with Crippen LogP contribution in [-0.4, -0.2) is 29.9 Å². The predicted octanol–water partition coefficient (Wildman–Crippen LogP) is -0.199. The molecule has 0 spiro atoms. The summed E-state index contributed by atoms with van der Waals surface area (Å²) in [5.41, 5.74) is 0.942. The van der Waals surface area contributed by atoms with Crippen LogP contribution in [0.1, 0.15) is 29.3 Å². The molecule has 1 aliphatic carbocycles. The van der Waals surface area contributed by atoms with Crippen LogP contribution in [0.5, 0.6) is 0 Å². The first kappa shape index (κ1) is 12.1. The Balaban J connectivity index is 2.03. The molecular formula is C11H12N4O3S. The molecule has 1 unspecified atom stereocenters. The molecule has 3 rings (SSSR count). The number of imide groups is 1. The Morgan fingerprint density at radius 3 is 2.89 bits per heavy atom. The van der Waals surface area contributed by atoms with Crippen molar-refractivity contribution in [2.24, 2.45) is 0 Å². The van der Waals surface area contributed by atoms with Gasteiger partial charge in [0.2, 0.25) is 6.41 Å². The molecule has 0 radical (unpaired) electrons. The smallest absolute Gasteiger partial charge is 0.322 e. The molecule has 2 heterocycles. The summed E-state index contributed by atoms with van der Waals surface area (Å²) in [5, 5.41) is 7.28. The number of nitrogens with zero attached hydrogens (tertiary/aromatic N) is 1. The SMILES string of the molecule is O=CNCC1(c2ncsc2C2CC2)NC(=O)NC1=O. The maximum absolute atomic E-state index is 12.1. The molecule has 8 heteroatoms. The average molecular weight is 280 g/mol. The van der Waals surface area contributed by atoms with Gasteiger partial charge < -0.3 is 10.6 Å². The molecular weight excluding hydrogens is 268 g/mol. The molecule has 1 saturated heterocycles. The number of rotatable bonds is 5. The Morgan fingerprint density at radius 2 is 2.32 bits per heavy atom. The van der Waals surface area contributed by atoms with Crippen molar-refractivity contribution in [3.8, 4) is 0 Å². The monoisotopic (exact) mass is 280 g/mol. The largest absolute Gasteiger partial charge is 0.355 e. The van der Waals surface area contributed by atoms with E-state index in [0.717, 1.165) is 17.7 Å². The number of nitrogens with one attached hydrogen (secondary N) is 3. The topological polar surface area (TPSA) is 100 Å². The summed E-state index contributed by atoms with van der Waals surface area (Å²) in [6, 6.07) is -0.563. The van der Waals surface area contributed by atoms with Gasteiger partial charge in [-0.05, 0) is 18.8 Å². The number of urea groups is 1. The van der Waals surface area contributed by atoms with E-state index in [1.54, 1.807) is 5.51 Å². The molecule has 2 aliphatic rings. The molecule has 4 amide bonds. The molecule has 19 heavy (non-hydrogen) atoms. The van der Waals surface area contributed by atoms with Crippen LogP contribution in [0.25, 0.3) is 0 Å². The Kier molecular flexibility index (Phi) is 2.74. The second-order valence-corrected chi connectivity index (χ2v) is 5.54. The number of carbonyl (C=O) groups excluding carboxylic acids is 3. The van der Waals surface area contributed by atoms with E-state index in [1.807, 2.05) is 0 Å². The van der Waals surface area contributed by atoms with Gasteiger partial charge in [-0.15, -0.1) is 11.3 Å². The van der Waals surface area contributed by atoms with Crippen LogP contribution in [-0.2, 0) is 15.1 Å². The quantitative estimate of drug-likeness (QED) is 0.513. The Labute approximate surface area is 112 Å². The zero-order chi connectivity index (χ0) is 13.5. The highest BCUT2D eigenvalue weighted by Gasteiger charge is 2.51. The Bertz CT molecular complexity index is 554. The highest BCUT2D eigenvalue weighted by Crippen LogP contribution is 2.46. The fraction of sp³-hybridized carbons (Fsp3) is 0.455. The lowest BCUT2D eigenvalue weighted by atomic mass is 9.93. The van der Waals surface area contributed by atoms with Crippen molar-refractivity contribution in [2.45, 2.75) is 24.3 Å². The molecule has 2 fully saturated rings. The minimum absolute atomic E-state index is 0.00245. The fourth-order valence-electron chi connectivity index (χ4n) is 2.27. The van der Waals surface area contributed by atoms with Gasteiger partial charge >= 0.3 is 6.03 Å². The van der Waals surface area contributed by atoms with Crippen LogP contribution in [0.2, 0.25) is 0 Å². The van der Waals surface area contributed by atoms with Crippen molar-refractivity contribution in [3.05, 3.63) is 16.1 Å². The number of hydrogen-bond donors (Lipinski definition) is 3. The van der Waals surface area contributed by atoms with Crippen LogP contribution in [0, 0.1) is 0 Å². The third kappa shape index (κ3) is 1.88. The van der Waals surface area contributed by atoms with Gasteiger partial charge in [-0.1, -0.05) is 0 Å². The number of thiazole rings is 1. The summed E-state index contributed by atoms with van der Waals surface area (Å²) in [4.78, 5) is 39.4. The lowest BCUT2D eigenvalue weighted by Crippen LogP contribution is -2.52. The summed E-state index contributed by atoms with van der Waals surface area (Å²) in [5.74, 6) is -0.0550. The molecule has 1 atom stereocenters.